The van der Waals surface area contributed by atoms with Gasteiger partial charge in [0, 0.05) is 30.5 Å². The van der Waals surface area contributed by atoms with E-state index in [1.807, 2.05) is 25.1 Å². The predicted octanol–water partition coefficient (Wildman–Crippen LogP) is 2.49. The molecule has 2 heterocycles. The molecule has 3 rings (SSSR count). The zero-order valence-electron chi connectivity index (χ0n) is 11.0. The van der Waals surface area contributed by atoms with Crippen LogP contribution >= 0.6 is 0 Å². The lowest BCUT2D eigenvalue weighted by Gasteiger charge is -2.18. The van der Waals surface area contributed by atoms with E-state index in [-0.39, 0.29) is 5.78 Å². The number of nitrogens with zero attached hydrogens (tertiary/aromatic N) is 2. The first kappa shape index (κ1) is 12.0. The van der Waals surface area contributed by atoms with Crippen LogP contribution in [0.25, 0.3) is 0 Å². The number of carbonyl (C=O) groups is 1. The van der Waals surface area contributed by atoms with Gasteiger partial charge in [-0.3, -0.25) is 9.48 Å². The van der Waals surface area contributed by atoms with Gasteiger partial charge in [0.15, 0.2) is 5.78 Å². The van der Waals surface area contributed by atoms with E-state index in [1.165, 1.54) is 5.56 Å². The molecule has 1 N–H and O–H groups in total. The van der Waals surface area contributed by atoms with Crippen LogP contribution in [0.5, 0.6) is 0 Å². The average Bonchev–Trinajstić information content (AvgIpc) is 2.95. The molecular weight excluding hydrogens is 238 g/mol. The Balaban J connectivity index is 1.91. The Morgan fingerprint density at radius 2 is 2.32 bits per heavy atom. The van der Waals surface area contributed by atoms with Gasteiger partial charge >= 0.3 is 0 Å². The zero-order chi connectivity index (χ0) is 13.2. The number of hydrogen-bond donors (Lipinski definition) is 1. The Bertz CT molecular complexity index is 616. The largest absolute Gasteiger partial charge is 0.385 e. The molecule has 0 fully saturated rings. The molecule has 1 aromatic carbocycles. The second kappa shape index (κ2) is 4.88. The summed E-state index contributed by atoms with van der Waals surface area (Å²) < 4.78 is 1.77. The fourth-order valence-corrected chi connectivity index (χ4v) is 2.44. The van der Waals surface area contributed by atoms with Gasteiger partial charge in [0.1, 0.15) is 0 Å². The summed E-state index contributed by atoms with van der Waals surface area (Å²) in [5.41, 5.74) is 3.80. The smallest absolute Gasteiger partial charge is 0.196 e. The second-order valence-electron chi connectivity index (χ2n) is 4.82. The van der Waals surface area contributed by atoms with Crippen molar-refractivity contribution in [1.82, 2.24) is 9.78 Å². The molecule has 0 bridgehead atoms. The molecule has 19 heavy (non-hydrogen) atoms. The van der Waals surface area contributed by atoms with Crippen LogP contribution in [-0.4, -0.2) is 22.1 Å². The van der Waals surface area contributed by atoms with E-state index in [4.69, 9.17) is 0 Å². The highest BCUT2D eigenvalue weighted by Gasteiger charge is 2.15. The van der Waals surface area contributed by atoms with Crippen molar-refractivity contribution < 1.29 is 4.79 Å². The van der Waals surface area contributed by atoms with Gasteiger partial charge in [0.05, 0.1) is 11.8 Å². The van der Waals surface area contributed by atoms with Crippen LogP contribution in [0.3, 0.4) is 0 Å². The number of ketones is 1. The normalized spacial score (nSPS) is 13.7. The molecule has 4 nitrogen and oxygen atoms in total. The highest BCUT2D eigenvalue weighted by Crippen LogP contribution is 2.24. The van der Waals surface area contributed by atoms with Gasteiger partial charge < -0.3 is 5.32 Å². The number of rotatable bonds is 3. The van der Waals surface area contributed by atoms with E-state index >= 15 is 0 Å². The van der Waals surface area contributed by atoms with Crippen molar-refractivity contribution in [3.8, 4) is 0 Å². The van der Waals surface area contributed by atoms with Gasteiger partial charge in [-0.25, -0.2) is 0 Å². The van der Waals surface area contributed by atoms with E-state index in [2.05, 4.69) is 10.4 Å². The molecule has 0 radical (unpaired) electrons. The summed E-state index contributed by atoms with van der Waals surface area (Å²) in [5.74, 6) is 0.0491. The van der Waals surface area contributed by atoms with Crippen molar-refractivity contribution >= 4 is 11.5 Å². The summed E-state index contributed by atoms with van der Waals surface area (Å²) in [6, 6.07) is 5.90. The van der Waals surface area contributed by atoms with Gasteiger partial charge in [0.25, 0.3) is 0 Å². The Labute approximate surface area is 112 Å². The van der Waals surface area contributed by atoms with E-state index in [0.29, 0.717) is 5.56 Å². The summed E-state index contributed by atoms with van der Waals surface area (Å²) in [5, 5.41) is 7.51. The van der Waals surface area contributed by atoms with Gasteiger partial charge in [-0.1, -0.05) is 0 Å². The molecular formula is C15H17N3O. The summed E-state index contributed by atoms with van der Waals surface area (Å²) in [6.45, 7) is 3.80. The topological polar surface area (TPSA) is 46.9 Å². The highest BCUT2D eigenvalue weighted by atomic mass is 16.1. The molecule has 0 saturated carbocycles. The fraction of sp³-hybridized carbons (Fsp3) is 0.333. The van der Waals surface area contributed by atoms with E-state index in [1.54, 1.807) is 17.1 Å². The lowest BCUT2D eigenvalue weighted by Crippen LogP contribution is -2.12. The van der Waals surface area contributed by atoms with Gasteiger partial charge in [0.2, 0.25) is 0 Å². The van der Waals surface area contributed by atoms with E-state index in [0.717, 1.165) is 37.2 Å². The first-order chi connectivity index (χ1) is 9.28. The maximum absolute atomic E-state index is 12.4. The third kappa shape index (κ3) is 2.26. The fourth-order valence-electron chi connectivity index (χ4n) is 2.44. The maximum atomic E-state index is 12.4. The summed E-state index contributed by atoms with van der Waals surface area (Å²) in [7, 11) is 0. The van der Waals surface area contributed by atoms with Crippen molar-refractivity contribution in [3.05, 3.63) is 47.3 Å². The SMILES string of the molecule is CCn1cc(C(=O)c2ccc3c(c2)CCCN3)cn1. The third-order valence-electron chi connectivity index (χ3n) is 3.53. The molecule has 1 aliphatic heterocycles. The minimum atomic E-state index is 0.0491. The summed E-state index contributed by atoms with van der Waals surface area (Å²) >= 11 is 0. The van der Waals surface area contributed by atoms with E-state index in [9.17, 15) is 4.79 Å². The lowest BCUT2D eigenvalue weighted by molar-refractivity contribution is 0.103. The molecule has 0 spiro atoms. The number of fused-ring (bicyclic) bond motifs is 1. The molecule has 4 heteroatoms. The molecule has 0 saturated heterocycles. The van der Waals surface area contributed by atoms with Crippen molar-refractivity contribution in [2.45, 2.75) is 26.3 Å². The van der Waals surface area contributed by atoms with Crippen molar-refractivity contribution in [1.29, 1.82) is 0 Å². The number of aryl methyl sites for hydroxylation is 2. The van der Waals surface area contributed by atoms with Gasteiger partial charge in [-0.2, -0.15) is 5.10 Å². The number of hydrogen-bond acceptors (Lipinski definition) is 3. The van der Waals surface area contributed by atoms with Crippen LogP contribution < -0.4 is 5.32 Å². The van der Waals surface area contributed by atoms with Crippen LogP contribution in [0.15, 0.2) is 30.6 Å². The van der Waals surface area contributed by atoms with Crippen molar-refractivity contribution in [2.24, 2.45) is 0 Å². The minimum Gasteiger partial charge on any atom is -0.385 e. The van der Waals surface area contributed by atoms with E-state index < -0.39 is 0 Å². The second-order valence-corrected chi connectivity index (χ2v) is 4.82. The third-order valence-corrected chi connectivity index (χ3v) is 3.53. The van der Waals surface area contributed by atoms with Crippen LogP contribution in [0, 0.1) is 0 Å². The van der Waals surface area contributed by atoms with Crippen LogP contribution in [0.2, 0.25) is 0 Å². The summed E-state index contributed by atoms with van der Waals surface area (Å²) in [4.78, 5) is 12.4. The molecule has 0 amide bonds. The molecule has 1 aliphatic rings. The number of anilines is 1. The van der Waals surface area contributed by atoms with Crippen molar-refractivity contribution in [3.63, 3.8) is 0 Å². The molecule has 0 aliphatic carbocycles. The number of benzene rings is 1. The average molecular weight is 255 g/mol. The predicted molar refractivity (Wildman–Crippen MR) is 74.6 cm³/mol. The Morgan fingerprint density at radius 3 is 3.11 bits per heavy atom. The molecule has 1 aromatic heterocycles. The van der Waals surface area contributed by atoms with Crippen LogP contribution in [-0.2, 0) is 13.0 Å². The monoisotopic (exact) mass is 255 g/mol. The molecule has 2 aromatic rings. The molecule has 98 valence electrons. The Hall–Kier alpha value is -2.10. The molecule has 0 atom stereocenters. The maximum Gasteiger partial charge on any atom is 0.196 e. The first-order valence-corrected chi connectivity index (χ1v) is 6.72. The van der Waals surface area contributed by atoms with Crippen molar-refractivity contribution in [2.75, 3.05) is 11.9 Å². The lowest BCUT2D eigenvalue weighted by atomic mass is 9.98. The summed E-state index contributed by atoms with van der Waals surface area (Å²) in [6.07, 6.45) is 5.61. The Kier molecular flexibility index (Phi) is 3.07. The minimum absolute atomic E-state index is 0.0491. The zero-order valence-corrected chi connectivity index (χ0v) is 11.0. The number of nitrogens with one attached hydrogen (secondary N) is 1. The first-order valence-electron chi connectivity index (χ1n) is 6.72. The highest BCUT2D eigenvalue weighted by molar-refractivity contribution is 6.09. The molecule has 0 unspecified atom stereocenters. The van der Waals surface area contributed by atoms with Gasteiger partial charge in [-0.15, -0.1) is 0 Å². The number of aromatic nitrogens is 2. The standard InChI is InChI=1S/C15H17N3O/c1-2-18-10-13(9-17-18)15(19)12-5-6-14-11(8-12)4-3-7-16-14/h5-6,8-10,16H,2-4,7H2,1H3. The number of carbonyl (C=O) groups excluding carboxylic acids is 1. The van der Waals surface area contributed by atoms with Gasteiger partial charge in [-0.05, 0) is 43.5 Å². The Morgan fingerprint density at radius 1 is 1.42 bits per heavy atom. The van der Waals surface area contributed by atoms with Crippen LogP contribution in [0.4, 0.5) is 5.69 Å². The van der Waals surface area contributed by atoms with Crippen LogP contribution in [0.1, 0.15) is 34.8 Å². The quantitative estimate of drug-likeness (QED) is 0.857.